The molecule has 1 aliphatic heterocycles. The third kappa shape index (κ3) is 1.67. The molecule has 2 bridgehead atoms. The molecule has 7 nitrogen and oxygen atoms in total. The van der Waals surface area contributed by atoms with E-state index in [0.29, 0.717) is 5.69 Å². The lowest BCUT2D eigenvalue weighted by Crippen LogP contribution is -2.32. The van der Waals surface area contributed by atoms with Crippen LogP contribution in [0.25, 0.3) is 0 Å². The summed E-state index contributed by atoms with van der Waals surface area (Å²) in [7, 11) is 0. The number of fused-ring (bicyclic) bond motifs is 5. The van der Waals surface area contributed by atoms with Crippen molar-refractivity contribution in [3.8, 4) is 0 Å². The molecular weight excluding hydrogens is 310 g/mol. The van der Waals surface area contributed by atoms with E-state index in [1.54, 1.807) is 13.0 Å². The van der Waals surface area contributed by atoms with Crippen LogP contribution < -0.4 is 4.90 Å². The van der Waals surface area contributed by atoms with Crippen molar-refractivity contribution >= 4 is 17.7 Å². The molecule has 5 rings (SSSR count). The van der Waals surface area contributed by atoms with Crippen molar-refractivity contribution in [2.75, 3.05) is 4.90 Å². The molecule has 2 saturated carbocycles. The molecule has 2 aromatic heterocycles. The molecule has 3 heterocycles. The van der Waals surface area contributed by atoms with Gasteiger partial charge in [0.25, 0.3) is 0 Å². The molecule has 0 aromatic carbocycles. The maximum Gasteiger partial charge on any atom is 0.240 e. The predicted molar refractivity (Wildman–Crippen MR) is 80.9 cm³/mol. The number of carbonyl (C=O) groups excluding carboxylic acids is 2. The van der Waals surface area contributed by atoms with Crippen molar-refractivity contribution in [1.29, 1.82) is 0 Å². The molecule has 5 atom stereocenters. The Kier molecular flexibility index (Phi) is 2.65. The van der Waals surface area contributed by atoms with Crippen LogP contribution in [0.1, 0.15) is 35.9 Å². The molecule has 1 unspecified atom stereocenters. The molecule has 3 fully saturated rings. The van der Waals surface area contributed by atoms with Gasteiger partial charge in [-0.25, -0.2) is 4.90 Å². The number of aryl methyl sites for hydroxylation is 2. The highest BCUT2D eigenvalue weighted by atomic mass is 16.5. The van der Waals surface area contributed by atoms with Crippen molar-refractivity contribution in [2.24, 2.45) is 23.7 Å². The molecule has 24 heavy (non-hydrogen) atoms. The zero-order valence-corrected chi connectivity index (χ0v) is 13.4. The first kappa shape index (κ1) is 13.9. The van der Waals surface area contributed by atoms with Gasteiger partial charge in [0.05, 0.1) is 23.2 Å². The van der Waals surface area contributed by atoms with Gasteiger partial charge in [-0.1, -0.05) is 10.3 Å². The first-order valence-corrected chi connectivity index (χ1v) is 8.29. The van der Waals surface area contributed by atoms with E-state index in [2.05, 4.69) is 10.3 Å². The Bertz CT molecular complexity index is 854. The summed E-state index contributed by atoms with van der Waals surface area (Å²) in [5, 5.41) is 7.77. The Morgan fingerprint density at radius 3 is 2.38 bits per heavy atom. The van der Waals surface area contributed by atoms with E-state index in [0.717, 1.165) is 24.3 Å². The second kappa shape index (κ2) is 4.55. The number of hydrogen-bond acceptors (Lipinski definition) is 6. The SMILES string of the molecule is Cc1cc(C2C[C@@H]3C[C@H]2[C@@H]2C(=O)N(c4cc(C)no4)C(=O)[C@H]32)on1. The van der Waals surface area contributed by atoms with E-state index < -0.39 is 0 Å². The molecule has 0 radical (unpaired) electrons. The fraction of sp³-hybridized carbons (Fsp3) is 0.529. The lowest BCUT2D eigenvalue weighted by Gasteiger charge is -2.26. The Labute approximate surface area is 137 Å². The van der Waals surface area contributed by atoms with Crippen LogP contribution in [0.3, 0.4) is 0 Å². The van der Waals surface area contributed by atoms with Crippen LogP contribution >= 0.6 is 0 Å². The van der Waals surface area contributed by atoms with Crippen LogP contribution in [0.5, 0.6) is 0 Å². The summed E-state index contributed by atoms with van der Waals surface area (Å²) in [6, 6.07) is 3.58. The summed E-state index contributed by atoms with van der Waals surface area (Å²) in [6.45, 7) is 3.66. The second-order valence-corrected chi connectivity index (χ2v) is 7.24. The molecule has 0 spiro atoms. The van der Waals surface area contributed by atoms with Crippen molar-refractivity contribution < 1.29 is 18.6 Å². The van der Waals surface area contributed by atoms with E-state index in [9.17, 15) is 9.59 Å². The second-order valence-electron chi connectivity index (χ2n) is 7.24. The van der Waals surface area contributed by atoms with Gasteiger partial charge in [-0.2, -0.15) is 0 Å². The predicted octanol–water partition coefficient (Wildman–Crippen LogP) is 2.21. The average molecular weight is 327 g/mol. The van der Waals surface area contributed by atoms with Gasteiger partial charge in [0.15, 0.2) is 0 Å². The lowest BCUT2D eigenvalue weighted by atomic mass is 9.74. The maximum absolute atomic E-state index is 13.0. The van der Waals surface area contributed by atoms with Crippen LogP contribution in [-0.2, 0) is 9.59 Å². The van der Waals surface area contributed by atoms with Gasteiger partial charge in [0, 0.05) is 18.1 Å². The van der Waals surface area contributed by atoms with Gasteiger partial charge in [-0.15, -0.1) is 0 Å². The number of amides is 2. The summed E-state index contributed by atoms with van der Waals surface area (Å²) in [6.07, 6.45) is 1.78. The number of carbonyl (C=O) groups is 2. The fourth-order valence-electron chi connectivity index (χ4n) is 5.02. The summed E-state index contributed by atoms with van der Waals surface area (Å²) in [5.74, 6) is 0.806. The van der Waals surface area contributed by atoms with Gasteiger partial charge in [-0.3, -0.25) is 9.59 Å². The minimum absolute atomic E-state index is 0.137. The van der Waals surface area contributed by atoms with Gasteiger partial charge in [0.1, 0.15) is 5.76 Å². The first-order valence-electron chi connectivity index (χ1n) is 8.29. The van der Waals surface area contributed by atoms with Crippen molar-refractivity contribution in [3.05, 3.63) is 29.3 Å². The number of nitrogens with zero attached hydrogens (tertiary/aromatic N) is 3. The zero-order chi connectivity index (χ0) is 16.6. The van der Waals surface area contributed by atoms with E-state index in [-0.39, 0.29) is 47.3 Å². The third-order valence-corrected chi connectivity index (χ3v) is 5.86. The third-order valence-electron chi connectivity index (χ3n) is 5.86. The number of aromatic nitrogens is 2. The van der Waals surface area contributed by atoms with Crippen LogP contribution in [0.2, 0.25) is 0 Å². The van der Waals surface area contributed by atoms with Gasteiger partial charge in [-0.05, 0) is 38.5 Å². The average Bonchev–Trinajstić information content (AvgIpc) is 3.30. The van der Waals surface area contributed by atoms with E-state index in [4.69, 9.17) is 9.05 Å². The van der Waals surface area contributed by atoms with E-state index in [1.165, 1.54) is 4.90 Å². The molecular formula is C17H17N3O4. The number of rotatable bonds is 2. The van der Waals surface area contributed by atoms with Gasteiger partial charge < -0.3 is 9.05 Å². The van der Waals surface area contributed by atoms with Crippen LogP contribution in [0.15, 0.2) is 21.2 Å². The molecule has 2 aromatic rings. The Morgan fingerprint density at radius 1 is 1.00 bits per heavy atom. The zero-order valence-electron chi connectivity index (χ0n) is 13.4. The lowest BCUT2D eigenvalue weighted by molar-refractivity contribution is -0.123. The fourth-order valence-corrected chi connectivity index (χ4v) is 5.02. The van der Waals surface area contributed by atoms with E-state index in [1.807, 2.05) is 13.0 Å². The Morgan fingerprint density at radius 2 is 1.71 bits per heavy atom. The highest BCUT2D eigenvalue weighted by molar-refractivity contribution is 6.22. The quantitative estimate of drug-likeness (QED) is 0.786. The molecule has 124 valence electrons. The summed E-state index contributed by atoms with van der Waals surface area (Å²) >= 11 is 0. The Hall–Kier alpha value is -2.44. The van der Waals surface area contributed by atoms with E-state index >= 15 is 0 Å². The van der Waals surface area contributed by atoms with Crippen molar-refractivity contribution in [3.63, 3.8) is 0 Å². The number of imide groups is 1. The van der Waals surface area contributed by atoms with Crippen LogP contribution in [-0.4, -0.2) is 22.1 Å². The summed E-state index contributed by atoms with van der Waals surface area (Å²) < 4.78 is 10.6. The summed E-state index contributed by atoms with van der Waals surface area (Å²) in [4.78, 5) is 27.0. The first-order chi connectivity index (χ1) is 11.5. The smallest absolute Gasteiger partial charge is 0.240 e. The number of anilines is 1. The molecule has 7 heteroatoms. The monoisotopic (exact) mass is 327 g/mol. The largest absolute Gasteiger partial charge is 0.361 e. The van der Waals surface area contributed by atoms with Crippen LogP contribution in [0.4, 0.5) is 5.88 Å². The maximum atomic E-state index is 13.0. The highest BCUT2D eigenvalue weighted by Gasteiger charge is 2.65. The number of hydrogen-bond donors (Lipinski definition) is 0. The molecule has 2 amide bonds. The summed E-state index contributed by atoms with van der Waals surface area (Å²) in [5.41, 5.74) is 1.50. The minimum atomic E-state index is -0.280. The topological polar surface area (TPSA) is 89.4 Å². The van der Waals surface area contributed by atoms with Crippen molar-refractivity contribution in [1.82, 2.24) is 10.3 Å². The molecule has 1 saturated heterocycles. The standard InChI is InChI=1S/C17H17N3O4/c1-7-3-12(23-18-7)10-5-9-6-11(10)15-14(9)16(21)20(17(15)22)13-4-8(2)19-24-13/h3-4,9-11,14-15H,5-6H2,1-2H3/t9-,10?,11-,14-,15+/m1/s1. The van der Waals surface area contributed by atoms with Gasteiger partial charge >= 0.3 is 0 Å². The highest BCUT2D eigenvalue weighted by Crippen LogP contribution is 2.61. The molecule has 2 aliphatic carbocycles. The molecule has 3 aliphatic rings. The van der Waals surface area contributed by atoms with Gasteiger partial charge in [0.2, 0.25) is 17.7 Å². The molecule has 0 N–H and O–H groups in total. The van der Waals surface area contributed by atoms with Crippen molar-refractivity contribution in [2.45, 2.75) is 32.6 Å². The minimum Gasteiger partial charge on any atom is -0.361 e. The Balaban J connectivity index is 1.50. The normalized spacial score (nSPS) is 34.4. The van der Waals surface area contributed by atoms with Crippen LogP contribution in [0, 0.1) is 37.5 Å².